The van der Waals surface area contributed by atoms with Gasteiger partial charge in [0.1, 0.15) is 10.3 Å². The molecule has 2 aromatic rings. The van der Waals surface area contributed by atoms with Gasteiger partial charge < -0.3 is 14.6 Å². The van der Waals surface area contributed by atoms with Gasteiger partial charge in [-0.25, -0.2) is 23.1 Å². The molecular formula is C24H37F2N5O3S. The summed E-state index contributed by atoms with van der Waals surface area (Å²) in [5.41, 5.74) is 1.19. The van der Waals surface area contributed by atoms with Crippen LogP contribution in [-0.2, 0) is 16.1 Å². The van der Waals surface area contributed by atoms with Crippen molar-refractivity contribution in [1.82, 2.24) is 24.6 Å². The molecule has 0 aromatic carbocycles. The smallest absolute Gasteiger partial charge is 0.408 e. The fourth-order valence-corrected chi connectivity index (χ4v) is 4.78. The van der Waals surface area contributed by atoms with Crippen molar-refractivity contribution in [2.45, 2.75) is 103 Å². The fourth-order valence-electron chi connectivity index (χ4n) is 3.97. The monoisotopic (exact) mass is 513 g/mol. The fraction of sp³-hybridized carbons (Fsp3) is 0.708. The minimum atomic E-state index is -2.68. The number of alkyl halides is 2. The molecule has 8 nitrogen and oxygen atoms in total. The Hall–Kier alpha value is -1.98. The molecule has 2 N–H and O–H groups in total. The Morgan fingerprint density at radius 1 is 1.26 bits per heavy atom. The van der Waals surface area contributed by atoms with Crippen LogP contribution < -0.4 is 10.0 Å². The highest BCUT2D eigenvalue weighted by Gasteiger charge is 2.39. The zero-order chi connectivity index (χ0) is 26.2. The number of imidazole rings is 1. The van der Waals surface area contributed by atoms with E-state index in [4.69, 9.17) is 4.74 Å². The van der Waals surface area contributed by atoms with Crippen LogP contribution in [0.1, 0.15) is 97.5 Å². The van der Waals surface area contributed by atoms with E-state index < -0.39 is 39.8 Å². The summed E-state index contributed by atoms with van der Waals surface area (Å²) in [5.74, 6) is -2.89. The Balaban J connectivity index is 1.86. The van der Waals surface area contributed by atoms with E-state index in [2.05, 4.69) is 20.1 Å². The topological polar surface area (TPSA) is 104 Å². The molecule has 1 aliphatic carbocycles. The molecule has 196 valence electrons. The van der Waals surface area contributed by atoms with E-state index in [1.807, 2.05) is 33.8 Å². The molecule has 11 heteroatoms. The van der Waals surface area contributed by atoms with E-state index in [0.29, 0.717) is 11.3 Å². The molecule has 0 radical (unpaired) electrons. The number of nitrogens with zero attached hydrogens (tertiary/aromatic N) is 3. The average molecular weight is 514 g/mol. The van der Waals surface area contributed by atoms with Crippen molar-refractivity contribution in [3.05, 3.63) is 29.7 Å². The molecule has 1 aliphatic rings. The second-order valence-corrected chi connectivity index (χ2v) is 13.3. The van der Waals surface area contributed by atoms with Crippen molar-refractivity contribution >= 4 is 23.1 Å². The third-order valence-corrected chi connectivity index (χ3v) is 7.60. The number of nitrogens with one attached hydrogen (secondary N) is 2. The van der Waals surface area contributed by atoms with Crippen LogP contribution in [0, 0.1) is 5.92 Å². The summed E-state index contributed by atoms with van der Waals surface area (Å²) >= 11 is -1.26. The van der Waals surface area contributed by atoms with Gasteiger partial charge in [-0.05, 0) is 78.9 Å². The van der Waals surface area contributed by atoms with Crippen LogP contribution in [0.4, 0.5) is 13.6 Å². The standard InChI is InChI=1S/C24H37F2N5O3S/c1-15(30-35(33)23(5,6)7)17-12-19-28-18(14-31(19)27-13-17)20(29-21(32)34-22(2,3)4)16-8-10-24(25,26)11-9-16/h12-16,20,30H,8-11H2,1-7H3,(H,29,32)/t15-,20-,35-/m0/s1. The van der Waals surface area contributed by atoms with E-state index in [1.165, 1.54) is 0 Å². The van der Waals surface area contributed by atoms with E-state index in [0.717, 1.165) is 5.56 Å². The van der Waals surface area contributed by atoms with Crippen LogP contribution in [0.25, 0.3) is 5.65 Å². The maximum Gasteiger partial charge on any atom is 0.408 e. The molecule has 3 atom stereocenters. The Labute approximate surface area is 208 Å². The van der Waals surface area contributed by atoms with E-state index >= 15 is 0 Å². The first-order valence-corrected chi connectivity index (χ1v) is 13.1. The zero-order valence-corrected chi connectivity index (χ0v) is 22.3. The molecule has 0 spiro atoms. The highest BCUT2D eigenvalue weighted by atomic mass is 32.2. The lowest BCUT2D eigenvalue weighted by molar-refractivity contribution is -0.0500. The van der Waals surface area contributed by atoms with E-state index in [1.54, 1.807) is 37.7 Å². The molecule has 3 rings (SSSR count). The Morgan fingerprint density at radius 2 is 1.89 bits per heavy atom. The molecule has 0 aliphatic heterocycles. The number of fused-ring (bicyclic) bond motifs is 1. The minimum Gasteiger partial charge on any atom is -0.598 e. The van der Waals surface area contributed by atoms with Crippen LogP contribution in [-0.4, -0.2) is 41.5 Å². The molecule has 1 amide bonds. The number of hydrogen-bond donors (Lipinski definition) is 2. The number of ether oxygens (including phenoxy) is 1. The normalized spacial score (nSPS) is 19.8. The Morgan fingerprint density at radius 3 is 2.46 bits per heavy atom. The van der Waals surface area contributed by atoms with Crippen molar-refractivity contribution in [2.75, 3.05) is 0 Å². The minimum absolute atomic E-state index is 0.207. The predicted molar refractivity (Wildman–Crippen MR) is 131 cm³/mol. The van der Waals surface area contributed by atoms with Crippen LogP contribution in [0.3, 0.4) is 0 Å². The summed E-state index contributed by atoms with van der Waals surface area (Å²) < 4.78 is 49.8. The number of carbonyl (C=O) groups is 1. The lowest BCUT2D eigenvalue weighted by Crippen LogP contribution is -2.40. The SMILES string of the molecule is C[C@H](N[S@@+]([O-])C(C)(C)C)c1cnn2cc([C@@H](NC(=O)OC(C)(C)C)C3CCC(F)(F)CC3)nc2c1. The van der Waals surface area contributed by atoms with Gasteiger partial charge in [-0.2, -0.15) is 5.10 Å². The summed E-state index contributed by atoms with van der Waals surface area (Å²) in [5, 5.41) is 7.30. The molecule has 0 unspecified atom stereocenters. The van der Waals surface area contributed by atoms with Crippen molar-refractivity contribution < 1.29 is 22.9 Å². The van der Waals surface area contributed by atoms with Crippen molar-refractivity contribution in [3.8, 4) is 0 Å². The first-order chi connectivity index (χ1) is 16.0. The third-order valence-electron chi connectivity index (χ3n) is 5.92. The van der Waals surface area contributed by atoms with Crippen molar-refractivity contribution in [1.29, 1.82) is 0 Å². The lowest BCUT2D eigenvalue weighted by atomic mass is 9.81. The first kappa shape index (κ1) is 27.6. The van der Waals surface area contributed by atoms with Crippen LogP contribution in [0.15, 0.2) is 18.5 Å². The van der Waals surface area contributed by atoms with Gasteiger partial charge in [-0.15, -0.1) is 4.72 Å². The van der Waals surface area contributed by atoms with Gasteiger partial charge in [-0.3, -0.25) is 0 Å². The maximum absolute atomic E-state index is 13.8. The van der Waals surface area contributed by atoms with Gasteiger partial charge in [0.2, 0.25) is 5.92 Å². The van der Waals surface area contributed by atoms with Gasteiger partial charge in [0.05, 0.1) is 30.2 Å². The number of halogens is 2. The predicted octanol–water partition coefficient (Wildman–Crippen LogP) is 5.23. The molecule has 0 bridgehead atoms. The largest absolute Gasteiger partial charge is 0.598 e. The summed E-state index contributed by atoms with van der Waals surface area (Å²) in [6.07, 6.45) is 2.83. The van der Waals surface area contributed by atoms with Crippen molar-refractivity contribution in [3.63, 3.8) is 0 Å². The number of aromatic nitrogens is 3. The molecule has 1 fully saturated rings. The molecule has 2 heterocycles. The van der Waals surface area contributed by atoms with Crippen LogP contribution >= 0.6 is 0 Å². The van der Waals surface area contributed by atoms with Gasteiger partial charge in [-0.1, -0.05) is 0 Å². The number of alkyl carbamates (subject to hydrolysis) is 1. The Bertz CT molecular complexity index is 1020. The summed E-state index contributed by atoms with van der Waals surface area (Å²) in [6.45, 7) is 12.9. The quantitative estimate of drug-likeness (QED) is 0.513. The highest BCUT2D eigenvalue weighted by Crippen LogP contribution is 2.41. The average Bonchev–Trinajstić information content (AvgIpc) is 3.13. The lowest BCUT2D eigenvalue weighted by Gasteiger charge is -2.33. The van der Waals surface area contributed by atoms with Gasteiger partial charge in [0.25, 0.3) is 0 Å². The molecule has 35 heavy (non-hydrogen) atoms. The van der Waals surface area contributed by atoms with E-state index in [-0.39, 0.29) is 37.6 Å². The van der Waals surface area contributed by atoms with E-state index in [9.17, 15) is 18.1 Å². The van der Waals surface area contributed by atoms with Crippen LogP contribution in [0.5, 0.6) is 0 Å². The summed E-state index contributed by atoms with van der Waals surface area (Å²) in [6, 6.07) is 1.02. The number of amides is 1. The van der Waals surface area contributed by atoms with Crippen molar-refractivity contribution in [2.24, 2.45) is 5.92 Å². The van der Waals surface area contributed by atoms with Gasteiger partial charge >= 0.3 is 6.09 Å². The molecule has 0 saturated heterocycles. The third kappa shape index (κ3) is 7.50. The Kier molecular flexibility index (Phi) is 8.03. The second kappa shape index (κ2) is 10.2. The molecular weight excluding hydrogens is 476 g/mol. The van der Waals surface area contributed by atoms with Crippen LogP contribution in [0.2, 0.25) is 0 Å². The molecule has 1 saturated carbocycles. The summed E-state index contributed by atoms with van der Waals surface area (Å²) in [7, 11) is 0. The number of hydrogen-bond acceptors (Lipinski definition) is 6. The first-order valence-electron chi connectivity index (χ1n) is 11.9. The maximum atomic E-state index is 13.8. The van der Waals surface area contributed by atoms with Gasteiger partial charge in [0.15, 0.2) is 5.65 Å². The number of rotatable bonds is 6. The highest BCUT2D eigenvalue weighted by molar-refractivity contribution is 7.90. The van der Waals surface area contributed by atoms with Gasteiger partial charge in [0, 0.05) is 24.2 Å². The second-order valence-electron chi connectivity index (χ2n) is 11.3. The summed E-state index contributed by atoms with van der Waals surface area (Å²) in [4.78, 5) is 17.3. The number of carbonyl (C=O) groups excluding carboxylic acids is 1. The molecule has 2 aromatic heterocycles. The zero-order valence-electron chi connectivity index (χ0n) is 21.5.